The highest BCUT2D eigenvalue weighted by Crippen LogP contribution is 2.18. The molecule has 0 heterocycles. The van der Waals surface area contributed by atoms with Crippen LogP contribution in [0.3, 0.4) is 0 Å². The number of nitrogens with one attached hydrogen (secondary N) is 1. The molecule has 5 heteroatoms. The molecule has 0 aromatic heterocycles. The van der Waals surface area contributed by atoms with Crippen LogP contribution in [0.4, 0.5) is 4.39 Å². The molecule has 1 amide bonds. The Hall–Kier alpha value is -2.56. The van der Waals surface area contributed by atoms with Gasteiger partial charge in [0.05, 0.1) is 7.11 Å². The first-order valence-electron chi connectivity index (χ1n) is 8.46. The maximum Gasteiger partial charge on any atom is 0.261 e. The quantitative estimate of drug-likeness (QED) is 0.704. The van der Waals surface area contributed by atoms with Crippen LogP contribution in [0, 0.1) is 5.82 Å². The normalized spacial score (nSPS) is 11.6. The maximum absolute atomic E-state index is 12.9. The second kappa shape index (κ2) is 9.67. The van der Waals surface area contributed by atoms with Crippen molar-refractivity contribution in [2.75, 3.05) is 13.7 Å². The highest BCUT2D eigenvalue weighted by molar-refractivity contribution is 5.81. The van der Waals surface area contributed by atoms with Gasteiger partial charge in [-0.05, 0) is 55.2 Å². The van der Waals surface area contributed by atoms with Gasteiger partial charge in [0, 0.05) is 6.54 Å². The van der Waals surface area contributed by atoms with Crippen LogP contribution in [0.2, 0.25) is 0 Å². The van der Waals surface area contributed by atoms with Crippen molar-refractivity contribution in [1.29, 1.82) is 0 Å². The summed E-state index contributed by atoms with van der Waals surface area (Å²) in [7, 11) is 1.65. The average Bonchev–Trinajstić information content (AvgIpc) is 2.64. The third-order valence-electron chi connectivity index (χ3n) is 3.87. The Bertz CT molecular complexity index is 673. The van der Waals surface area contributed by atoms with Crippen molar-refractivity contribution in [2.24, 2.45) is 0 Å². The van der Waals surface area contributed by atoms with Crippen LogP contribution in [-0.2, 0) is 11.2 Å². The van der Waals surface area contributed by atoms with Gasteiger partial charge in [-0.2, -0.15) is 0 Å². The second-order valence-corrected chi connectivity index (χ2v) is 5.68. The van der Waals surface area contributed by atoms with Crippen molar-refractivity contribution in [3.63, 3.8) is 0 Å². The van der Waals surface area contributed by atoms with Gasteiger partial charge < -0.3 is 14.8 Å². The van der Waals surface area contributed by atoms with Crippen LogP contribution in [0.25, 0.3) is 0 Å². The van der Waals surface area contributed by atoms with Crippen LogP contribution in [0.15, 0.2) is 48.5 Å². The van der Waals surface area contributed by atoms with Crippen LogP contribution in [0.5, 0.6) is 11.5 Å². The number of carbonyl (C=O) groups is 1. The van der Waals surface area contributed by atoms with Crippen LogP contribution >= 0.6 is 0 Å². The first-order valence-corrected chi connectivity index (χ1v) is 8.46. The largest absolute Gasteiger partial charge is 0.496 e. The molecule has 0 aliphatic rings. The van der Waals surface area contributed by atoms with Crippen LogP contribution < -0.4 is 14.8 Å². The molecule has 2 aromatic rings. The molecular formula is C20H24FNO3. The first kappa shape index (κ1) is 18.8. The van der Waals surface area contributed by atoms with E-state index in [9.17, 15) is 9.18 Å². The number of halogens is 1. The van der Waals surface area contributed by atoms with Gasteiger partial charge in [-0.3, -0.25) is 4.79 Å². The lowest BCUT2D eigenvalue weighted by Gasteiger charge is -2.17. The molecule has 0 aliphatic carbocycles. The van der Waals surface area contributed by atoms with Crippen LogP contribution in [0.1, 0.15) is 25.3 Å². The van der Waals surface area contributed by atoms with E-state index in [1.807, 2.05) is 31.2 Å². The summed E-state index contributed by atoms with van der Waals surface area (Å²) >= 11 is 0. The molecule has 0 unspecified atom stereocenters. The molecule has 0 aliphatic heterocycles. The monoisotopic (exact) mass is 345 g/mol. The number of hydrogen-bond donors (Lipinski definition) is 1. The number of amides is 1. The number of para-hydroxylation sites is 1. The van der Waals surface area contributed by atoms with Gasteiger partial charge in [-0.25, -0.2) is 4.39 Å². The molecule has 0 saturated heterocycles. The van der Waals surface area contributed by atoms with Gasteiger partial charge >= 0.3 is 0 Å². The van der Waals surface area contributed by atoms with E-state index in [0.29, 0.717) is 18.7 Å². The number of hydrogen-bond acceptors (Lipinski definition) is 3. The lowest BCUT2D eigenvalue weighted by atomic mass is 10.1. The molecule has 25 heavy (non-hydrogen) atoms. The van der Waals surface area contributed by atoms with Crippen LogP contribution in [-0.4, -0.2) is 25.7 Å². The summed E-state index contributed by atoms with van der Waals surface area (Å²) in [4.78, 5) is 12.2. The van der Waals surface area contributed by atoms with E-state index in [1.54, 1.807) is 7.11 Å². The molecular weight excluding hydrogens is 321 g/mol. The summed E-state index contributed by atoms with van der Waals surface area (Å²) in [6, 6.07) is 13.5. The van der Waals surface area contributed by atoms with E-state index >= 15 is 0 Å². The van der Waals surface area contributed by atoms with E-state index < -0.39 is 6.10 Å². The topological polar surface area (TPSA) is 47.6 Å². The molecule has 0 bridgehead atoms. The SMILES string of the molecule is CC[C@@H](Oc1ccc(F)cc1)C(=O)NCCCc1ccccc1OC. The lowest BCUT2D eigenvalue weighted by molar-refractivity contribution is -0.128. The smallest absolute Gasteiger partial charge is 0.261 e. The number of ether oxygens (including phenoxy) is 2. The Labute approximate surface area is 148 Å². The summed E-state index contributed by atoms with van der Waals surface area (Å²) in [5.74, 6) is 0.852. The molecule has 0 radical (unpaired) electrons. The molecule has 0 spiro atoms. The molecule has 0 saturated carbocycles. The van der Waals surface area contributed by atoms with Gasteiger partial charge in [0.25, 0.3) is 5.91 Å². The number of methoxy groups -OCH3 is 1. The van der Waals surface area contributed by atoms with Crippen molar-refractivity contribution in [3.05, 3.63) is 59.9 Å². The highest BCUT2D eigenvalue weighted by atomic mass is 19.1. The fourth-order valence-corrected chi connectivity index (χ4v) is 2.51. The number of rotatable bonds is 9. The van der Waals surface area contributed by atoms with Crippen molar-refractivity contribution in [2.45, 2.75) is 32.3 Å². The van der Waals surface area contributed by atoms with Gasteiger partial charge in [-0.15, -0.1) is 0 Å². The molecule has 1 atom stereocenters. The van der Waals surface area contributed by atoms with E-state index in [4.69, 9.17) is 9.47 Å². The first-order chi connectivity index (χ1) is 12.1. The van der Waals surface area contributed by atoms with Gasteiger partial charge in [0.2, 0.25) is 0 Å². The number of benzene rings is 2. The zero-order chi connectivity index (χ0) is 18.1. The zero-order valence-electron chi connectivity index (χ0n) is 14.6. The third-order valence-corrected chi connectivity index (χ3v) is 3.87. The molecule has 2 rings (SSSR count). The molecule has 0 fully saturated rings. The minimum Gasteiger partial charge on any atom is -0.496 e. The third kappa shape index (κ3) is 5.78. The Balaban J connectivity index is 1.78. The van der Waals surface area contributed by atoms with E-state index in [-0.39, 0.29) is 11.7 Å². The minimum atomic E-state index is -0.586. The van der Waals surface area contributed by atoms with Gasteiger partial charge in [0.1, 0.15) is 17.3 Å². The Kier molecular flexibility index (Phi) is 7.26. The summed E-state index contributed by atoms with van der Waals surface area (Å²) in [5, 5.41) is 2.89. The second-order valence-electron chi connectivity index (χ2n) is 5.68. The fourth-order valence-electron chi connectivity index (χ4n) is 2.51. The molecule has 1 N–H and O–H groups in total. The predicted molar refractivity (Wildman–Crippen MR) is 95.4 cm³/mol. The standard InChI is InChI=1S/C20H24FNO3/c1-3-18(25-17-12-10-16(21)11-13-17)20(23)22-14-6-8-15-7-4-5-9-19(15)24-2/h4-5,7,9-13,18H,3,6,8,14H2,1-2H3,(H,22,23)/t18-/m1/s1. The van der Waals surface area contributed by atoms with E-state index in [2.05, 4.69) is 5.32 Å². The number of carbonyl (C=O) groups excluding carboxylic acids is 1. The Morgan fingerprint density at radius 2 is 1.88 bits per heavy atom. The van der Waals surface area contributed by atoms with Crippen molar-refractivity contribution >= 4 is 5.91 Å². The van der Waals surface area contributed by atoms with Gasteiger partial charge in [-0.1, -0.05) is 25.1 Å². The van der Waals surface area contributed by atoms with Crippen molar-refractivity contribution in [3.8, 4) is 11.5 Å². The fraction of sp³-hybridized carbons (Fsp3) is 0.350. The van der Waals surface area contributed by atoms with Crippen molar-refractivity contribution < 1.29 is 18.7 Å². The summed E-state index contributed by atoms with van der Waals surface area (Å²) in [6.45, 7) is 2.43. The predicted octanol–water partition coefficient (Wildman–Crippen LogP) is 3.74. The minimum absolute atomic E-state index is 0.160. The molecule has 2 aromatic carbocycles. The summed E-state index contributed by atoms with van der Waals surface area (Å²) in [6.07, 6.45) is 1.58. The van der Waals surface area contributed by atoms with E-state index in [1.165, 1.54) is 24.3 Å². The summed E-state index contributed by atoms with van der Waals surface area (Å²) in [5.41, 5.74) is 1.12. The highest BCUT2D eigenvalue weighted by Gasteiger charge is 2.17. The summed E-state index contributed by atoms with van der Waals surface area (Å²) < 4.78 is 23.9. The lowest BCUT2D eigenvalue weighted by Crippen LogP contribution is -2.38. The average molecular weight is 345 g/mol. The van der Waals surface area contributed by atoms with Gasteiger partial charge in [0.15, 0.2) is 6.10 Å². The van der Waals surface area contributed by atoms with Crippen molar-refractivity contribution in [1.82, 2.24) is 5.32 Å². The zero-order valence-corrected chi connectivity index (χ0v) is 14.6. The Morgan fingerprint density at radius 3 is 2.56 bits per heavy atom. The van der Waals surface area contributed by atoms with E-state index in [0.717, 1.165) is 24.2 Å². The molecule has 4 nitrogen and oxygen atoms in total. The molecule has 134 valence electrons. The Morgan fingerprint density at radius 1 is 1.16 bits per heavy atom. The maximum atomic E-state index is 12.9. The number of aryl methyl sites for hydroxylation is 1.